The first-order chi connectivity index (χ1) is 12.0. The van der Waals surface area contributed by atoms with Crippen LogP contribution in [-0.4, -0.2) is 13.4 Å². The highest BCUT2D eigenvalue weighted by Gasteiger charge is 2.35. The topological polar surface area (TPSA) is 50.3 Å². The molecule has 130 valence electrons. The van der Waals surface area contributed by atoms with Crippen LogP contribution in [0.2, 0.25) is 0 Å². The molecule has 2 aromatic carbocycles. The summed E-state index contributed by atoms with van der Waals surface area (Å²) in [7, 11) is -3.52. The molecule has 25 heavy (non-hydrogen) atoms. The summed E-state index contributed by atoms with van der Waals surface area (Å²) in [5.74, 6) is 0.637. The lowest BCUT2D eigenvalue weighted by molar-refractivity contribution is 0.584. The molecule has 0 spiro atoms. The van der Waals surface area contributed by atoms with E-state index in [9.17, 15) is 8.42 Å². The number of aryl methyl sites for hydroxylation is 1. The minimum Gasteiger partial charge on any atom is -0.260 e. The monoisotopic (exact) mass is 372 g/mol. The maximum absolute atomic E-state index is 13.0. The molecule has 0 saturated heterocycles. The molecular formula is C19H20N2O2S2. The van der Waals surface area contributed by atoms with Gasteiger partial charge >= 0.3 is 0 Å². The van der Waals surface area contributed by atoms with Crippen LogP contribution in [0.5, 0.6) is 0 Å². The number of rotatable bonds is 5. The lowest BCUT2D eigenvalue weighted by atomic mass is 10.1. The number of benzene rings is 2. The number of anilines is 1. The van der Waals surface area contributed by atoms with Crippen LogP contribution in [0.3, 0.4) is 0 Å². The van der Waals surface area contributed by atoms with E-state index in [0.29, 0.717) is 10.8 Å². The Morgan fingerprint density at radius 1 is 1.16 bits per heavy atom. The molecule has 0 N–H and O–H groups in total. The minimum absolute atomic E-state index is 0.286. The highest BCUT2D eigenvalue weighted by atomic mass is 32.2. The lowest BCUT2D eigenvalue weighted by Gasteiger charge is -2.17. The Labute approximate surface area is 152 Å². The Kier molecular flexibility index (Phi) is 4.04. The van der Waals surface area contributed by atoms with Gasteiger partial charge in [0.05, 0.1) is 27.8 Å². The van der Waals surface area contributed by atoms with Gasteiger partial charge in [0.15, 0.2) is 0 Å². The average molecular weight is 373 g/mol. The average Bonchev–Trinajstić information content (AvgIpc) is 3.12. The van der Waals surface area contributed by atoms with Crippen LogP contribution in [-0.2, 0) is 23.0 Å². The second kappa shape index (κ2) is 6.11. The van der Waals surface area contributed by atoms with Crippen molar-refractivity contribution in [2.75, 3.05) is 4.31 Å². The second-order valence-electron chi connectivity index (χ2n) is 6.81. The van der Waals surface area contributed by atoms with Crippen molar-refractivity contribution in [3.8, 4) is 0 Å². The molecule has 0 atom stereocenters. The lowest BCUT2D eigenvalue weighted by Crippen LogP contribution is -2.26. The van der Waals surface area contributed by atoms with Crippen molar-refractivity contribution in [1.82, 2.24) is 4.98 Å². The van der Waals surface area contributed by atoms with Gasteiger partial charge in [-0.15, -0.1) is 11.3 Å². The quantitative estimate of drug-likeness (QED) is 0.658. The normalized spacial score (nSPS) is 15.4. The van der Waals surface area contributed by atoms with Crippen LogP contribution in [0.4, 0.5) is 5.69 Å². The summed E-state index contributed by atoms with van der Waals surface area (Å²) >= 11 is 1.62. The fourth-order valence-electron chi connectivity index (χ4n) is 3.22. The van der Waals surface area contributed by atoms with Gasteiger partial charge < -0.3 is 0 Å². The summed E-state index contributed by atoms with van der Waals surface area (Å²) < 4.78 is 27.5. The van der Waals surface area contributed by atoms with E-state index >= 15 is 0 Å². The van der Waals surface area contributed by atoms with Gasteiger partial charge in [0.2, 0.25) is 0 Å². The number of sulfonamides is 1. The zero-order chi connectivity index (χ0) is 17.6. The van der Waals surface area contributed by atoms with Crippen LogP contribution >= 0.6 is 11.3 Å². The zero-order valence-corrected chi connectivity index (χ0v) is 15.9. The summed E-state index contributed by atoms with van der Waals surface area (Å²) in [5, 5.41) is 4.84. The molecule has 0 radical (unpaired) electrons. The van der Waals surface area contributed by atoms with Crippen molar-refractivity contribution in [2.45, 2.75) is 38.1 Å². The molecule has 0 aliphatic carbocycles. The van der Waals surface area contributed by atoms with E-state index in [-0.39, 0.29) is 6.54 Å². The highest BCUT2D eigenvalue weighted by Crippen LogP contribution is 2.42. The van der Waals surface area contributed by atoms with Crippen molar-refractivity contribution < 1.29 is 8.42 Å². The van der Waals surface area contributed by atoms with E-state index < -0.39 is 10.0 Å². The van der Waals surface area contributed by atoms with Gasteiger partial charge in [-0.2, -0.15) is 0 Å². The fourth-order valence-corrected chi connectivity index (χ4v) is 5.71. The van der Waals surface area contributed by atoms with Crippen LogP contribution in [0, 0.1) is 5.92 Å². The summed E-state index contributed by atoms with van der Waals surface area (Å²) in [4.78, 5) is 5.05. The number of aromatic nitrogens is 1. The van der Waals surface area contributed by atoms with Crippen LogP contribution in [0.15, 0.2) is 46.7 Å². The van der Waals surface area contributed by atoms with Crippen molar-refractivity contribution in [2.24, 2.45) is 5.92 Å². The standard InChI is InChI=1S/C19H20N2O2S2/c1-13(2)9-10-18-20-15(12-24-18)11-21-16-7-3-5-14-6-4-8-17(19(14)16)25(21,22)23/h3-8,12-13H,9-11H2,1-2H3. The predicted molar refractivity (Wildman–Crippen MR) is 103 cm³/mol. The van der Waals surface area contributed by atoms with E-state index in [0.717, 1.165) is 40.0 Å². The van der Waals surface area contributed by atoms with Gasteiger partial charge in [0.25, 0.3) is 10.0 Å². The highest BCUT2D eigenvalue weighted by molar-refractivity contribution is 7.93. The molecule has 1 aliphatic rings. The first-order valence-corrected chi connectivity index (χ1v) is 10.8. The zero-order valence-electron chi connectivity index (χ0n) is 14.3. The maximum atomic E-state index is 13.0. The largest absolute Gasteiger partial charge is 0.265 e. The molecule has 4 nitrogen and oxygen atoms in total. The molecule has 2 heterocycles. The van der Waals surface area contributed by atoms with Gasteiger partial charge in [-0.1, -0.05) is 38.1 Å². The Morgan fingerprint density at radius 2 is 1.92 bits per heavy atom. The van der Waals surface area contributed by atoms with Crippen molar-refractivity contribution in [1.29, 1.82) is 0 Å². The molecule has 0 saturated carbocycles. The predicted octanol–water partition coefficient (Wildman–Crippen LogP) is 4.59. The van der Waals surface area contributed by atoms with E-state index in [1.807, 2.05) is 29.6 Å². The summed E-state index contributed by atoms with van der Waals surface area (Å²) in [6.07, 6.45) is 2.05. The van der Waals surface area contributed by atoms with Gasteiger partial charge in [-0.05, 0) is 36.3 Å². The van der Waals surface area contributed by atoms with E-state index in [1.54, 1.807) is 23.5 Å². The third kappa shape index (κ3) is 2.83. The summed E-state index contributed by atoms with van der Waals surface area (Å²) in [6, 6.07) is 11.2. The molecule has 1 aliphatic heterocycles. The Hall–Kier alpha value is -1.92. The van der Waals surface area contributed by atoms with Crippen LogP contribution in [0.25, 0.3) is 10.8 Å². The van der Waals surface area contributed by atoms with E-state index in [4.69, 9.17) is 0 Å². The molecule has 0 fully saturated rings. The van der Waals surface area contributed by atoms with Crippen LogP contribution in [0.1, 0.15) is 31.0 Å². The summed E-state index contributed by atoms with van der Waals surface area (Å²) in [5.41, 5.74) is 1.57. The van der Waals surface area contributed by atoms with Crippen molar-refractivity contribution in [3.63, 3.8) is 0 Å². The van der Waals surface area contributed by atoms with Gasteiger partial charge in [0.1, 0.15) is 0 Å². The molecule has 3 aromatic rings. The SMILES string of the molecule is CC(C)CCc1nc(CN2c3cccc4cccc(c34)S2(=O)=O)cs1. The fraction of sp³-hybridized carbons (Fsp3) is 0.316. The molecule has 1 aromatic heterocycles. The third-order valence-corrected chi connectivity index (χ3v) is 7.28. The Bertz CT molecular complexity index is 1030. The minimum atomic E-state index is -3.52. The maximum Gasteiger partial charge on any atom is 0.265 e. The van der Waals surface area contributed by atoms with E-state index in [1.165, 1.54) is 4.31 Å². The van der Waals surface area contributed by atoms with Gasteiger partial charge in [-0.3, -0.25) is 4.31 Å². The van der Waals surface area contributed by atoms with E-state index in [2.05, 4.69) is 18.8 Å². The second-order valence-corrected chi connectivity index (χ2v) is 9.58. The number of hydrogen-bond acceptors (Lipinski definition) is 4. The Morgan fingerprint density at radius 3 is 2.68 bits per heavy atom. The molecular weight excluding hydrogens is 352 g/mol. The number of nitrogens with zero attached hydrogens (tertiary/aromatic N) is 2. The summed E-state index contributed by atoms with van der Waals surface area (Å²) in [6.45, 7) is 4.68. The molecule has 0 bridgehead atoms. The molecule has 4 rings (SSSR count). The molecule has 6 heteroatoms. The smallest absolute Gasteiger partial charge is 0.260 e. The van der Waals surface area contributed by atoms with Crippen molar-refractivity contribution >= 4 is 37.8 Å². The van der Waals surface area contributed by atoms with Crippen LogP contribution < -0.4 is 4.31 Å². The Balaban J connectivity index is 1.67. The van der Waals surface area contributed by atoms with Gasteiger partial charge in [0, 0.05) is 10.8 Å². The molecule has 0 unspecified atom stereocenters. The number of hydrogen-bond donors (Lipinski definition) is 0. The van der Waals surface area contributed by atoms with Crippen molar-refractivity contribution in [3.05, 3.63) is 52.5 Å². The third-order valence-electron chi connectivity index (χ3n) is 4.52. The first kappa shape index (κ1) is 16.5. The van der Waals surface area contributed by atoms with Gasteiger partial charge in [-0.25, -0.2) is 13.4 Å². The number of thiazole rings is 1. The molecule has 0 amide bonds. The first-order valence-electron chi connectivity index (χ1n) is 8.44.